The van der Waals surface area contributed by atoms with Gasteiger partial charge in [0.2, 0.25) is 5.88 Å². The zero-order valence-electron chi connectivity index (χ0n) is 15.1. The molecule has 1 atom stereocenters. The Bertz CT molecular complexity index is 693. The maximum absolute atomic E-state index is 11.7. The number of carboxylic acids is 1. The Balaban J connectivity index is 2.80. The highest BCUT2D eigenvalue weighted by atomic mass is 32.1. The van der Waals surface area contributed by atoms with Crippen LogP contribution in [0.25, 0.3) is 0 Å². The first-order valence-corrected chi connectivity index (χ1v) is 8.56. The van der Waals surface area contributed by atoms with E-state index in [4.69, 9.17) is 20.3 Å². The number of esters is 1. The van der Waals surface area contributed by atoms with Gasteiger partial charge in [-0.1, -0.05) is 0 Å². The lowest BCUT2D eigenvalue weighted by Gasteiger charge is -2.25. The van der Waals surface area contributed by atoms with Crippen molar-refractivity contribution in [2.45, 2.75) is 39.3 Å². The van der Waals surface area contributed by atoms with Gasteiger partial charge in [-0.3, -0.25) is 4.79 Å². The van der Waals surface area contributed by atoms with Crippen molar-refractivity contribution in [2.75, 3.05) is 13.2 Å². The van der Waals surface area contributed by atoms with Gasteiger partial charge in [-0.15, -0.1) is 11.3 Å². The lowest BCUT2D eigenvalue weighted by Crippen LogP contribution is -2.44. The van der Waals surface area contributed by atoms with E-state index in [1.807, 2.05) is 20.8 Å². The Hall–Kier alpha value is -2.46. The number of aromatic nitrogens is 1. The average molecular weight is 385 g/mol. The molecule has 10 heteroatoms. The first kappa shape index (κ1) is 21.6. The molecule has 0 fully saturated rings. The zero-order chi connectivity index (χ0) is 19.9. The summed E-state index contributed by atoms with van der Waals surface area (Å²) in [6.45, 7) is 7.69. The predicted molar refractivity (Wildman–Crippen MR) is 95.3 cm³/mol. The minimum absolute atomic E-state index is 0.0814. The van der Waals surface area contributed by atoms with Crippen LogP contribution in [0.4, 0.5) is 0 Å². The van der Waals surface area contributed by atoms with Gasteiger partial charge in [0.05, 0.1) is 5.01 Å². The van der Waals surface area contributed by atoms with E-state index in [2.05, 4.69) is 10.3 Å². The van der Waals surface area contributed by atoms with Crippen LogP contribution in [0.3, 0.4) is 0 Å². The summed E-state index contributed by atoms with van der Waals surface area (Å²) in [5.74, 6) is -2.65. The number of ether oxygens (including phenoxy) is 2. The highest BCUT2D eigenvalue weighted by Gasteiger charge is 2.21. The van der Waals surface area contributed by atoms with E-state index in [1.54, 1.807) is 6.92 Å². The Labute approximate surface area is 155 Å². The average Bonchev–Trinajstić information content (AvgIpc) is 2.88. The molecular weight excluding hydrogens is 362 g/mol. The summed E-state index contributed by atoms with van der Waals surface area (Å²) in [6.07, 6.45) is 0.767. The van der Waals surface area contributed by atoms with Crippen LogP contribution < -0.4 is 15.8 Å². The molecule has 1 aromatic rings. The number of nitrogens with two attached hydrogens (primary N) is 1. The normalized spacial score (nSPS) is 12.8. The third-order valence-electron chi connectivity index (χ3n) is 2.84. The maximum Gasteiger partial charge on any atom is 0.331 e. The van der Waals surface area contributed by atoms with Crippen LogP contribution >= 0.6 is 11.3 Å². The number of aliphatic carboxylic acids is 1. The molecule has 144 valence electrons. The van der Waals surface area contributed by atoms with Crippen LogP contribution in [-0.2, 0) is 14.3 Å². The van der Waals surface area contributed by atoms with Crippen molar-refractivity contribution in [3.63, 3.8) is 0 Å². The third-order valence-corrected chi connectivity index (χ3v) is 3.80. The number of carbonyl (C=O) groups is 3. The van der Waals surface area contributed by atoms with Crippen molar-refractivity contribution in [2.24, 2.45) is 5.73 Å². The van der Waals surface area contributed by atoms with Gasteiger partial charge >= 0.3 is 11.9 Å². The van der Waals surface area contributed by atoms with E-state index in [1.165, 1.54) is 0 Å². The van der Waals surface area contributed by atoms with E-state index in [9.17, 15) is 14.4 Å². The molecule has 0 saturated heterocycles. The third kappa shape index (κ3) is 8.08. The quantitative estimate of drug-likeness (QED) is 0.420. The standard InChI is InChI=1S/C16H23N3O6S/c1-9-19-15(13(26-9)14(17)23)24-8-10(7-18-16(2,3)4)25-12(22)6-5-11(20)21/h5-6,10,18H,7-8H2,1-4H3,(H2,17,23)(H,20,21)/b6-5-/t10-/m0/s1. The minimum Gasteiger partial charge on any atom is -0.478 e. The molecule has 0 saturated carbocycles. The first-order valence-electron chi connectivity index (χ1n) is 7.74. The summed E-state index contributed by atoms with van der Waals surface area (Å²) < 4.78 is 10.7. The second kappa shape index (κ2) is 9.30. The van der Waals surface area contributed by atoms with Crippen LogP contribution in [0.2, 0.25) is 0 Å². The number of amides is 1. The number of nitrogens with one attached hydrogen (secondary N) is 1. The number of rotatable bonds is 9. The number of carbonyl (C=O) groups excluding carboxylic acids is 2. The Morgan fingerprint density at radius 1 is 1.35 bits per heavy atom. The van der Waals surface area contributed by atoms with E-state index in [0.717, 1.165) is 17.4 Å². The van der Waals surface area contributed by atoms with Crippen molar-refractivity contribution in [3.05, 3.63) is 22.0 Å². The Morgan fingerprint density at radius 2 is 2.00 bits per heavy atom. The minimum atomic E-state index is -1.26. The molecule has 0 aliphatic carbocycles. The monoisotopic (exact) mass is 385 g/mol. The van der Waals surface area contributed by atoms with Crippen molar-refractivity contribution in [1.29, 1.82) is 0 Å². The molecule has 1 rings (SSSR count). The molecule has 0 radical (unpaired) electrons. The number of hydrogen-bond donors (Lipinski definition) is 3. The molecular formula is C16H23N3O6S. The van der Waals surface area contributed by atoms with E-state index < -0.39 is 23.9 Å². The van der Waals surface area contributed by atoms with E-state index in [-0.39, 0.29) is 29.4 Å². The number of hydrogen-bond acceptors (Lipinski definition) is 8. The highest BCUT2D eigenvalue weighted by Crippen LogP contribution is 2.24. The van der Waals surface area contributed by atoms with Gasteiger partial charge < -0.3 is 25.6 Å². The molecule has 4 N–H and O–H groups in total. The molecule has 0 spiro atoms. The van der Waals surface area contributed by atoms with Gasteiger partial charge in [-0.2, -0.15) is 0 Å². The molecule has 0 aliphatic rings. The molecule has 1 heterocycles. The zero-order valence-corrected chi connectivity index (χ0v) is 15.9. The second-order valence-electron chi connectivity index (χ2n) is 6.40. The Kier molecular flexibility index (Phi) is 7.72. The number of thiazole rings is 1. The summed E-state index contributed by atoms with van der Waals surface area (Å²) in [6, 6.07) is 0. The van der Waals surface area contributed by atoms with Crippen LogP contribution in [0.1, 0.15) is 35.5 Å². The molecule has 9 nitrogen and oxygen atoms in total. The van der Waals surface area contributed by atoms with Crippen molar-refractivity contribution < 1.29 is 29.0 Å². The number of nitrogens with zero attached hydrogens (tertiary/aromatic N) is 1. The summed E-state index contributed by atoms with van der Waals surface area (Å²) >= 11 is 1.11. The van der Waals surface area contributed by atoms with Gasteiger partial charge in [0.25, 0.3) is 5.91 Å². The van der Waals surface area contributed by atoms with Crippen LogP contribution in [0, 0.1) is 6.92 Å². The smallest absolute Gasteiger partial charge is 0.331 e. The topological polar surface area (TPSA) is 141 Å². The van der Waals surface area contributed by atoms with Crippen LogP contribution in [0.5, 0.6) is 5.88 Å². The fourth-order valence-electron chi connectivity index (χ4n) is 1.73. The summed E-state index contributed by atoms with van der Waals surface area (Å²) in [5, 5.41) is 12.3. The molecule has 26 heavy (non-hydrogen) atoms. The molecule has 1 aromatic heterocycles. The predicted octanol–water partition coefficient (Wildman–Crippen LogP) is 0.870. The Morgan fingerprint density at radius 3 is 2.54 bits per heavy atom. The van der Waals surface area contributed by atoms with Gasteiger partial charge in [0.1, 0.15) is 12.7 Å². The molecule has 0 bridgehead atoms. The van der Waals surface area contributed by atoms with Gasteiger partial charge in [0, 0.05) is 24.2 Å². The SMILES string of the molecule is Cc1nc(OC[C@H](CNC(C)(C)C)OC(=O)/C=C\C(=O)O)c(C(N)=O)s1. The lowest BCUT2D eigenvalue weighted by molar-refractivity contribution is -0.145. The summed E-state index contributed by atoms with van der Waals surface area (Å²) in [5.41, 5.74) is 5.05. The summed E-state index contributed by atoms with van der Waals surface area (Å²) in [4.78, 5) is 37.9. The van der Waals surface area contributed by atoms with E-state index >= 15 is 0 Å². The molecule has 0 unspecified atom stereocenters. The molecule has 1 amide bonds. The maximum atomic E-state index is 11.7. The number of carboxylic acid groups (broad SMARTS) is 1. The first-order chi connectivity index (χ1) is 12.0. The van der Waals surface area contributed by atoms with Gasteiger partial charge in [0.15, 0.2) is 4.88 Å². The van der Waals surface area contributed by atoms with Gasteiger partial charge in [-0.05, 0) is 27.7 Å². The lowest BCUT2D eigenvalue weighted by atomic mass is 10.1. The fraction of sp³-hybridized carbons (Fsp3) is 0.500. The summed E-state index contributed by atoms with van der Waals surface area (Å²) in [7, 11) is 0. The fourth-order valence-corrected chi connectivity index (χ4v) is 2.45. The highest BCUT2D eigenvalue weighted by molar-refractivity contribution is 7.13. The molecule has 0 aliphatic heterocycles. The number of aryl methyl sites for hydroxylation is 1. The molecule has 0 aromatic carbocycles. The van der Waals surface area contributed by atoms with Crippen molar-refractivity contribution >= 4 is 29.2 Å². The van der Waals surface area contributed by atoms with Crippen molar-refractivity contribution in [3.8, 4) is 5.88 Å². The van der Waals surface area contributed by atoms with Crippen LogP contribution in [-0.4, -0.2) is 52.7 Å². The largest absolute Gasteiger partial charge is 0.478 e. The second-order valence-corrected chi connectivity index (χ2v) is 7.61. The number of primary amides is 1. The van der Waals surface area contributed by atoms with Crippen molar-refractivity contribution in [1.82, 2.24) is 10.3 Å². The van der Waals surface area contributed by atoms with Crippen LogP contribution in [0.15, 0.2) is 12.2 Å². The van der Waals surface area contributed by atoms with E-state index in [0.29, 0.717) is 11.1 Å². The van der Waals surface area contributed by atoms with Gasteiger partial charge in [-0.25, -0.2) is 14.6 Å².